The molecule has 1 rings (SSSR count). The Hall–Kier alpha value is -1.22. The Morgan fingerprint density at radius 3 is 2.40 bits per heavy atom. The Bertz CT molecular complexity index is 418. The van der Waals surface area contributed by atoms with Crippen LogP contribution in [0.4, 0.5) is 4.39 Å². The highest BCUT2D eigenvalue weighted by Crippen LogP contribution is 2.17. The molecule has 0 N–H and O–H groups in total. The SMILES string of the molecule is C=C(C)/C=C(/F)[S@@](=O)c1ccc(C)cc1. The molecule has 3 heteroatoms. The first-order chi connectivity index (χ1) is 7.00. The van der Waals surface area contributed by atoms with E-state index in [0.29, 0.717) is 10.5 Å². The lowest BCUT2D eigenvalue weighted by Crippen LogP contribution is -1.92. The standard InChI is InChI=1S/C12H13FOS/c1-9(2)8-12(13)15(14)11-6-4-10(3)5-7-11/h4-8H,1H2,2-3H3/b12-8-/t15-/m0/s1. The smallest absolute Gasteiger partial charge is 0.191 e. The van der Waals surface area contributed by atoms with Crippen LogP contribution in [0.25, 0.3) is 0 Å². The van der Waals surface area contributed by atoms with Gasteiger partial charge in [0.25, 0.3) is 0 Å². The lowest BCUT2D eigenvalue weighted by atomic mass is 10.2. The molecule has 0 aliphatic carbocycles. The number of allylic oxidation sites excluding steroid dienone is 2. The van der Waals surface area contributed by atoms with Crippen LogP contribution in [0, 0.1) is 6.92 Å². The highest BCUT2D eigenvalue weighted by molar-refractivity contribution is 7.88. The van der Waals surface area contributed by atoms with Gasteiger partial charge in [0.2, 0.25) is 0 Å². The van der Waals surface area contributed by atoms with Crippen molar-refractivity contribution in [1.82, 2.24) is 0 Å². The first-order valence-electron chi connectivity index (χ1n) is 4.52. The Balaban J connectivity index is 2.95. The molecule has 1 aromatic rings. The van der Waals surface area contributed by atoms with E-state index in [4.69, 9.17) is 0 Å². The molecule has 0 aromatic heterocycles. The fourth-order valence-corrected chi connectivity index (χ4v) is 1.94. The van der Waals surface area contributed by atoms with Crippen LogP contribution in [0.3, 0.4) is 0 Å². The molecule has 0 aliphatic heterocycles. The van der Waals surface area contributed by atoms with Gasteiger partial charge < -0.3 is 0 Å². The van der Waals surface area contributed by atoms with Crippen molar-refractivity contribution in [3.8, 4) is 0 Å². The van der Waals surface area contributed by atoms with E-state index in [0.717, 1.165) is 5.56 Å². The number of hydrogen-bond acceptors (Lipinski definition) is 1. The van der Waals surface area contributed by atoms with Crippen molar-refractivity contribution in [3.05, 3.63) is 53.2 Å². The second-order valence-electron chi connectivity index (χ2n) is 3.38. The number of benzene rings is 1. The summed E-state index contributed by atoms with van der Waals surface area (Å²) in [7, 11) is -1.72. The number of halogens is 1. The van der Waals surface area contributed by atoms with Crippen LogP contribution >= 0.6 is 0 Å². The molecule has 15 heavy (non-hydrogen) atoms. The second kappa shape index (κ2) is 5.03. The van der Waals surface area contributed by atoms with E-state index in [-0.39, 0.29) is 0 Å². The predicted molar refractivity (Wildman–Crippen MR) is 61.6 cm³/mol. The molecule has 0 saturated carbocycles. The third kappa shape index (κ3) is 3.44. The van der Waals surface area contributed by atoms with E-state index < -0.39 is 16.0 Å². The molecule has 0 aliphatic rings. The van der Waals surface area contributed by atoms with Crippen molar-refractivity contribution in [3.63, 3.8) is 0 Å². The van der Waals surface area contributed by atoms with E-state index >= 15 is 0 Å². The number of rotatable bonds is 3. The normalized spacial score (nSPS) is 13.7. The molecule has 0 heterocycles. The summed E-state index contributed by atoms with van der Waals surface area (Å²) in [5.41, 5.74) is 1.60. The van der Waals surface area contributed by atoms with Crippen molar-refractivity contribution in [2.75, 3.05) is 0 Å². The van der Waals surface area contributed by atoms with E-state index in [1.807, 2.05) is 6.92 Å². The molecule has 0 fully saturated rings. The van der Waals surface area contributed by atoms with Crippen LogP contribution in [0.2, 0.25) is 0 Å². The minimum Gasteiger partial charge on any atom is -0.247 e. The van der Waals surface area contributed by atoms with Gasteiger partial charge in [0.1, 0.15) is 10.8 Å². The zero-order valence-corrected chi connectivity index (χ0v) is 9.60. The largest absolute Gasteiger partial charge is 0.247 e. The Labute approximate surface area is 91.8 Å². The maximum absolute atomic E-state index is 13.3. The Kier molecular flexibility index (Phi) is 3.97. The zero-order valence-electron chi connectivity index (χ0n) is 8.79. The molecule has 0 radical (unpaired) electrons. The summed E-state index contributed by atoms with van der Waals surface area (Å²) in [6, 6.07) is 6.94. The maximum atomic E-state index is 13.3. The third-order valence-corrected chi connectivity index (χ3v) is 2.94. The van der Waals surface area contributed by atoms with Gasteiger partial charge in [0.05, 0.1) is 0 Å². The highest BCUT2D eigenvalue weighted by atomic mass is 32.2. The molecule has 1 atom stereocenters. The summed E-state index contributed by atoms with van der Waals surface area (Å²) in [4.78, 5) is 0.468. The second-order valence-corrected chi connectivity index (χ2v) is 4.78. The van der Waals surface area contributed by atoms with Crippen molar-refractivity contribution in [2.45, 2.75) is 18.7 Å². The van der Waals surface area contributed by atoms with Crippen molar-refractivity contribution in [2.24, 2.45) is 0 Å². The maximum Gasteiger partial charge on any atom is 0.191 e. The van der Waals surface area contributed by atoms with Crippen LogP contribution in [-0.2, 0) is 10.8 Å². The van der Waals surface area contributed by atoms with Gasteiger partial charge in [0, 0.05) is 4.90 Å². The van der Waals surface area contributed by atoms with Gasteiger partial charge >= 0.3 is 0 Å². The van der Waals surface area contributed by atoms with Crippen molar-refractivity contribution in [1.29, 1.82) is 0 Å². The average molecular weight is 224 g/mol. The monoisotopic (exact) mass is 224 g/mol. The fourth-order valence-electron chi connectivity index (χ4n) is 1.02. The average Bonchev–Trinajstić information content (AvgIpc) is 2.17. The first-order valence-corrected chi connectivity index (χ1v) is 5.67. The molecule has 1 aromatic carbocycles. The van der Waals surface area contributed by atoms with E-state index in [9.17, 15) is 8.60 Å². The molecule has 1 nitrogen and oxygen atoms in total. The molecule has 0 unspecified atom stereocenters. The van der Waals surface area contributed by atoms with Crippen LogP contribution in [0.5, 0.6) is 0 Å². The quantitative estimate of drug-likeness (QED) is 0.718. The van der Waals surface area contributed by atoms with Gasteiger partial charge in [-0.3, -0.25) is 0 Å². The van der Waals surface area contributed by atoms with Gasteiger partial charge in [-0.15, -0.1) is 0 Å². The fraction of sp³-hybridized carbons (Fsp3) is 0.167. The summed E-state index contributed by atoms with van der Waals surface area (Å²) in [5, 5.41) is -0.661. The Morgan fingerprint density at radius 2 is 1.93 bits per heavy atom. The zero-order chi connectivity index (χ0) is 11.4. The van der Waals surface area contributed by atoms with Gasteiger partial charge in [-0.25, -0.2) is 4.21 Å². The Morgan fingerprint density at radius 1 is 1.40 bits per heavy atom. The summed E-state index contributed by atoms with van der Waals surface area (Å²) < 4.78 is 25.0. The lowest BCUT2D eigenvalue weighted by Gasteiger charge is -2.00. The van der Waals surface area contributed by atoms with Gasteiger partial charge in [0.15, 0.2) is 5.16 Å². The van der Waals surface area contributed by atoms with E-state index in [2.05, 4.69) is 6.58 Å². The van der Waals surface area contributed by atoms with Crippen LogP contribution in [-0.4, -0.2) is 4.21 Å². The van der Waals surface area contributed by atoms with E-state index in [1.54, 1.807) is 31.2 Å². The van der Waals surface area contributed by atoms with E-state index in [1.165, 1.54) is 6.08 Å². The van der Waals surface area contributed by atoms with Gasteiger partial charge in [-0.1, -0.05) is 29.8 Å². The predicted octanol–water partition coefficient (Wildman–Crippen LogP) is 3.49. The van der Waals surface area contributed by atoms with Gasteiger partial charge in [-0.05, 0) is 32.1 Å². The minimum atomic E-state index is -1.72. The summed E-state index contributed by atoms with van der Waals surface area (Å²) in [6.07, 6.45) is 1.19. The summed E-state index contributed by atoms with van der Waals surface area (Å²) >= 11 is 0. The topological polar surface area (TPSA) is 17.1 Å². The molecular weight excluding hydrogens is 211 g/mol. The van der Waals surface area contributed by atoms with Crippen LogP contribution < -0.4 is 0 Å². The van der Waals surface area contributed by atoms with Crippen LogP contribution in [0.15, 0.2) is 52.5 Å². The van der Waals surface area contributed by atoms with Crippen LogP contribution in [0.1, 0.15) is 12.5 Å². The molecule has 0 amide bonds. The molecule has 80 valence electrons. The highest BCUT2D eigenvalue weighted by Gasteiger charge is 2.08. The molecule has 0 spiro atoms. The van der Waals surface area contributed by atoms with Crippen molar-refractivity contribution < 1.29 is 8.60 Å². The molecule has 0 saturated heterocycles. The minimum absolute atomic E-state index is 0.468. The third-order valence-electron chi connectivity index (χ3n) is 1.77. The summed E-state index contributed by atoms with van der Waals surface area (Å²) in [6.45, 7) is 7.12. The first kappa shape index (κ1) is 11.9. The van der Waals surface area contributed by atoms with Gasteiger partial charge in [-0.2, -0.15) is 4.39 Å². The molecule has 0 bridgehead atoms. The number of hydrogen-bond donors (Lipinski definition) is 0. The lowest BCUT2D eigenvalue weighted by molar-refractivity contribution is 0.649. The number of aryl methyl sites for hydroxylation is 1. The van der Waals surface area contributed by atoms with Crippen molar-refractivity contribution >= 4 is 10.8 Å². The molecular formula is C12H13FOS. The summed E-state index contributed by atoms with van der Waals surface area (Å²) in [5.74, 6) is 0.